The number of anilines is 1. The number of fused-ring (bicyclic) bond motifs is 1. The van der Waals surface area contributed by atoms with Gasteiger partial charge in [-0.1, -0.05) is 0 Å². The van der Waals surface area contributed by atoms with Crippen LogP contribution in [-0.4, -0.2) is 117 Å². The minimum absolute atomic E-state index is 0.219. The number of rotatable bonds is 4. The molecular formula is C16H23N5O10. The van der Waals surface area contributed by atoms with Gasteiger partial charge >= 0.3 is 0 Å². The van der Waals surface area contributed by atoms with Gasteiger partial charge in [-0.05, 0) is 0 Å². The zero-order valence-corrected chi connectivity index (χ0v) is 15.9. The molecule has 2 fully saturated rings. The molecule has 2 saturated heterocycles. The molecule has 2 aliphatic rings. The monoisotopic (exact) mass is 445 g/mol. The van der Waals surface area contributed by atoms with Gasteiger partial charge in [0.25, 0.3) is 5.56 Å². The number of nitrogens with two attached hydrogens (primary N) is 1. The molecule has 15 heteroatoms. The molecule has 2 aromatic heterocycles. The molecule has 9 atom stereocenters. The summed E-state index contributed by atoms with van der Waals surface area (Å²) in [4.78, 5) is 22.3. The van der Waals surface area contributed by atoms with Gasteiger partial charge in [0.15, 0.2) is 11.2 Å². The predicted octanol–water partition coefficient (Wildman–Crippen LogP) is -5.69. The molecule has 4 heterocycles. The van der Waals surface area contributed by atoms with Crippen molar-refractivity contribution in [1.29, 1.82) is 0 Å². The van der Waals surface area contributed by atoms with Crippen LogP contribution in [0, 0.1) is 0 Å². The van der Waals surface area contributed by atoms with Crippen LogP contribution in [0.2, 0.25) is 0 Å². The zero-order chi connectivity index (χ0) is 22.7. The molecule has 0 unspecified atom stereocenters. The average molecular weight is 445 g/mol. The first-order valence-corrected chi connectivity index (χ1v) is 9.36. The van der Waals surface area contributed by atoms with E-state index in [1.54, 1.807) is 0 Å². The molecule has 0 radical (unpaired) electrons. The van der Waals surface area contributed by atoms with Crippen molar-refractivity contribution in [3.05, 3.63) is 16.7 Å². The van der Waals surface area contributed by atoms with E-state index < -0.39 is 73.3 Å². The highest BCUT2D eigenvalue weighted by Gasteiger charge is 2.65. The normalized spacial score (nSPS) is 41.1. The first-order chi connectivity index (χ1) is 14.7. The van der Waals surface area contributed by atoms with Gasteiger partial charge in [0.1, 0.15) is 48.8 Å². The van der Waals surface area contributed by atoms with Crippen LogP contribution < -0.4 is 11.3 Å². The van der Waals surface area contributed by atoms with E-state index in [0.29, 0.717) is 0 Å². The van der Waals surface area contributed by atoms with Crippen molar-refractivity contribution in [2.45, 2.75) is 54.6 Å². The number of hydrogen-bond acceptors (Lipinski definition) is 13. The van der Waals surface area contributed by atoms with Crippen LogP contribution in [0.25, 0.3) is 11.2 Å². The fraction of sp³-hybridized carbons (Fsp3) is 0.688. The third-order valence-corrected chi connectivity index (χ3v) is 5.75. The number of aromatic amines is 1. The van der Waals surface area contributed by atoms with Gasteiger partial charge in [-0.15, -0.1) is 0 Å². The molecule has 0 aromatic carbocycles. The molecule has 0 saturated carbocycles. The van der Waals surface area contributed by atoms with E-state index in [1.807, 2.05) is 0 Å². The van der Waals surface area contributed by atoms with Crippen LogP contribution in [0.5, 0.6) is 0 Å². The van der Waals surface area contributed by atoms with Crippen molar-refractivity contribution in [2.24, 2.45) is 0 Å². The molecule has 31 heavy (non-hydrogen) atoms. The second-order valence-electron chi connectivity index (χ2n) is 7.51. The lowest BCUT2D eigenvalue weighted by Gasteiger charge is -2.48. The van der Waals surface area contributed by atoms with Gasteiger partial charge in [0, 0.05) is 0 Å². The third kappa shape index (κ3) is 3.05. The van der Waals surface area contributed by atoms with Crippen LogP contribution in [0.1, 0.15) is 0 Å². The third-order valence-electron chi connectivity index (χ3n) is 5.75. The van der Waals surface area contributed by atoms with Crippen LogP contribution >= 0.6 is 0 Å². The maximum Gasteiger partial charge on any atom is 0.280 e. The van der Waals surface area contributed by atoms with E-state index in [4.69, 9.17) is 15.2 Å². The molecule has 4 rings (SSSR count). The summed E-state index contributed by atoms with van der Waals surface area (Å²) >= 11 is 0. The number of aliphatic hydroxyl groups is 7. The Morgan fingerprint density at radius 1 is 1.06 bits per heavy atom. The van der Waals surface area contributed by atoms with Crippen LogP contribution in [0.4, 0.5) is 5.95 Å². The Hall–Kier alpha value is -2.21. The van der Waals surface area contributed by atoms with Crippen molar-refractivity contribution >= 4 is 17.1 Å². The summed E-state index contributed by atoms with van der Waals surface area (Å²) in [5.41, 5.74) is 2.14. The summed E-state index contributed by atoms with van der Waals surface area (Å²) in [5, 5.41) is 71.6. The van der Waals surface area contributed by atoms with E-state index in [9.17, 15) is 40.5 Å². The number of hydrogen-bond donors (Lipinski definition) is 9. The lowest BCUT2D eigenvalue weighted by atomic mass is 9.86. The number of nitrogens with zero attached hydrogens (tertiary/aromatic N) is 3. The van der Waals surface area contributed by atoms with Crippen LogP contribution in [0.15, 0.2) is 11.1 Å². The summed E-state index contributed by atoms with van der Waals surface area (Å²) in [6.07, 6.45) is -12.5. The summed E-state index contributed by atoms with van der Waals surface area (Å²) in [7, 11) is 0. The van der Waals surface area contributed by atoms with Gasteiger partial charge in [0.2, 0.25) is 11.7 Å². The Balaban J connectivity index is 1.96. The fourth-order valence-electron chi connectivity index (χ4n) is 4.17. The molecule has 0 spiro atoms. The molecule has 0 amide bonds. The molecule has 2 aromatic rings. The second kappa shape index (κ2) is 7.73. The highest BCUT2D eigenvalue weighted by molar-refractivity contribution is 5.71. The van der Waals surface area contributed by atoms with Crippen molar-refractivity contribution < 1.29 is 45.2 Å². The van der Waals surface area contributed by atoms with E-state index in [-0.39, 0.29) is 17.1 Å². The zero-order valence-electron chi connectivity index (χ0n) is 15.9. The topological polar surface area (TPSA) is 250 Å². The van der Waals surface area contributed by atoms with Crippen LogP contribution in [0.3, 0.4) is 0 Å². The Morgan fingerprint density at radius 2 is 1.74 bits per heavy atom. The van der Waals surface area contributed by atoms with Gasteiger partial charge in [-0.3, -0.25) is 14.3 Å². The Bertz CT molecular complexity index is 1010. The van der Waals surface area contributed by atoms with Crippen molar-refractivity contribution in [2.75, 3.05) is 18.9 Å². The van der Waals surface area contributed by atoms with Gasteiger partial charge < -0.3 is 51.0 Å². The van der Waals surface area contributed by atoms with E-state index in [0.717, 1.165) is 10.9 Å². The van der Waals surface area contributed by atoms with Crippen molar-refractivity contribution in [3.8, 4) is 0 Å². The highest BCUT2D eigenvalue weighted by atomic mass is 16.6. The lowest BCUT2D eigenvalue weighted by Crippen LogP contribution is -2.68. The first kappa shape index (κ1) is 22.0. The first-order valence-electron chi connectivity index (χ1n) is 9.36. The van der Waals surface area contributed by atoms with Crippen LogP contribution in [-0.2, 0) is 15.2 Å². The molecule has 172 valence electrons. The minimum Gasteiger partial charge on any atom is -0.394 e. The number of nitrogens with one attached hydrogen (secondary N) is 1. The number of nitrogen functional groups attached to an aromatic ring is 1. The second-order valence-corrected chi connectivity index (χ2v) is 7.51. The number of ether oxygens (including phenoxy) is 2. The Morgan fingerprint density at radius 3 is 2.35 bits per heavy atom. The smallest absolute Gasteiger partial charge is 0.280 e. The SMILES string of the molecule is Nc1nc2c(ncn2[C@]2([C@@H]3O[C@H](CO)[C@H](O)[C@H](O)[C@H]3O)O[C@H](CO)[C@@H](O)[C@H]2O)c(=O)[nH]1. The number of H-pyrrole nitrogens is 1. The summed E-state index contributed by atoms with van der Waals surface area (Å²) in [6.45, 7) is -1.52. The van der Waals surface area contributed by atoms with E-state index >= 15 is 0 Å². The molecule has 2 aliphatic heterocycles. The average Bonchev–Trinajstić information content (AvgIpc) is 3.27. The van der Waals surface area contributed by atoms with E-state index in [1.165, 1.54) is 0 Å². The number of aromatic nitrogens is 4. The molecule has 0 bridgehead atoms. The Labute approximate surface area is 172 Å². The van der Waals surface area contributed by atoms with Gasteiger partial charge in [-0.25, -0.2) is 4.98 Å². The van der Waals surface area contributed by atoms with E-state index in [2.05, 4.69) is 15.0 Å². The van der Waals surface area contributed by atoms with Gasteiger partial charge in [0.05, 0.1) is 19.5 Å². The minimum atomic E-state index is -2.30. The molecule has 10 N–H and O–H groups in total. The molecule has 15 nitrogen and oxygen atoms in total. The van der Waals surface area contributed by atoms with Crippen molar-refractivity contribution in [1.82, 2.24) is 19.5 Å². The Kier molecular flexibility index (Phi) is 5.49. The predicted molar refractivity (Wildman–Crippen MR) is 98.3 cm³/mol. The maximum atomic E-state index is 12.2. The van der Waals surface area contributed by atoms with Gasteiger partial charge in [-0.2, -0.15) is 4.98 Å². The lowest BCUT2D eigenvalue weighted by molar-refractivity contribution is -0.309. The standard InChI is InChI=1S/C16H23N5O10/c17-15-19-13-6(14(29)20-15)18-3-21(13)16(11(28)8(25)5(2-23)31-16)12-10(27)9(26)7(24)4(1-22)30-12/h3-5,7-12,22-28H,1-2H2,(H3,17,19,20,29)/t4-,5-,7+,8-,9+,10-,11-,12-,16+/m1/s1. The number of imidazole rings is 1. The largest absolute Gasteiger partial charge is 0.394 e. The fourth-order valence-corrected chi connectivity index (χ4v) is 4.17. The maximum absolute atomic E-state index is 12.2. The number of aliphatic hydroxyl groups excluding tert-OH is 7. The van der Waals surface area contributed by atoms with Crippen molar-refractivity contribution in [3.63, 3.8) is 0 Å². The summed E-state index contributed by atoms with van der Waals surface area (Å²) < 4.78 is 12.3. The quantitative estimate of drug-likeness (QED) is 0.213. The molecule has 0 aliphatic carbocycles. The summed E-state index contributed by atoms with van der Waals surface area (Å²) in [6, 6.07) is 0. The molecular weight excluding hydrogens is 422 g/mol. The highest BCUT2D eigenvalue weighted by Crippen LogP contribution is 2.44. The summed E-state index contributed by atoms with van der Waals surface area (Å²) in [5.74, 6) is -0.310.